The summed E-state index contributed by atoms with van der Waals surface area (Å²) >= 11 is 0. The van der Waals surface area contributed by atoms with Crippen molar-refractivity contribution in [3.05, 3.63) is 42.2 Å². The average Bonchev–Trinajstić information content (AvgIpc) is 2.25. The fourth-order valence-corrected chi connectivity index (χ4v) is 1.11. The van der Waals surface area contributed by atoms with Crippen LogP contribution in [-0.2, 0) is 4.74 Å². The lowest BCUT2D eigenvalue weighted by Gasteiger charge is -2.13. The summed E-state index contributed by atoms with van der Waals surface area (Å²) in [6.07, 6.45) is -0.641. The van der Waals surface area contributed by atoms with Gasteiger partial charge in [-0.15, -0.1) is 0 Å². The molecular formula is C13H18O3. The molecule has 0 spiro atoms. The van der Waals surface area contributed by atoms with Crippen LogP contribution in [0.4, 0.5) is 0 Å². The molecule has 16 heavy (non-hydrogen) atoms. The third-order valence-electron chi connectivity index (χ3n) is 1.99. The number of ether oxygens (including phenoxy) is 2. The van der Waals surface area contributed by atoms with Crippen LogP contribution >= 0.6 is 0 Å². The highest BCUT2D eigenvalue weighted by Crippen LogP contribution is 2.11. The predicted molar refractivity (Wildman–Crippen MR) is 63.4 cm³/mol. The number of hydrogen-bond donors (Lipinski definition) is 1. The molecule has 1 aromatic rings. The molecule has 1 unspecified atom stereocenters. The van der Waals surface area contributed by atoms with E-state index in [4.69, 9.17) is 9.47 Å². The number of allylic oxidation sites excluding steroid dienone is 1. The highest BCUT2D eigenvalue weighted by atomic mass is 16.5. The lowest BCUT2D eigenvalue weighted by molar-refractivity contribution is 0.0384. The Morgan fingerprint density at radius 1 is 1.31 bits per heavy atom. The van der Waals surface area contributed by atoms with E-state index in [0.717, 1.165) is 5.75 Å². The molecule has 0 heterocycles. The molecule has 0 saturated carbocycles. The Bertz CT molecular complexity index is 330. The molecule has 0 fully saturated rings. The monoisotopic (exact) mass is 222 g/mol. The lowest BCUT2D eigenvalue weighted by Crippen LogP contribution is -2.23. The summed E-state index contributed by atoms with van der Waals surface area (Å²) in [6.45, 7) is 7.77. The summed E-state index contributed by atoms with van der Waals surface area (Å²) in [5.74, 6) is 1.34. The molecule has 1 N–H and O–H groups in total. The second-order valence-corrected chi connectivity index (χ2v) is 3.79. The van der Waals surface area contributed by atoms with E-state index < -0.39 is 6.10 Å². The molecule has 1 rings (SSSR count). The molecule has 3 nitrogen and oxygen atoms in total. The van der Waals surface area contributed by atoms with Crippen LogP contribution < -0.4 is 4.74 Å². The smallest absolute Gasteiger partial charge is 0.122 e. The number of aliphatic hydroxyl groups is 1. The van der Waals surface area contributed by atoms with Gasteiger partial charge >= 0.3 is 0 Å². The molecule has 1 aromatic carbocycles. The second-order valence-electron chi connectivity index (χ2n) is 3.79. The van der Waals surface area contributed by atoms with Crippen molar-refractivity contribution in [3.63, 3.8) is 0 Å². The largest absolute Gasteiger partial charge is 0.496 e. The van der Waals surface area contributed by atoms with E-state index in [-0.39, 0.29) is 13.2 Å². The minimum absolute atomic E-state index is 0.210. The van der Waals surface area contributed by atoms with E-state index in [2.05, 4.69) is 6.58 Å². The minimum atomic E-state index is -0.641. The maximum atomic E-state index is 9.52. The van der Waals surface area contributed by atoms with Gasteiger partial charge in [-0.25, -0.2) is 0 Å². The van der Waals surface area contributed by atoms with Crippen molar-refractivity contribution in [1.29, 1.82) is 0 Å². The third-order valence-corrected chi connectivity index (χ3v) is 1.99. The summed E-state index contributed by atoms with van der Waals surface area (Å²) in [7, 11) is 0. The Kier molecular flexibility index (Phi) is 4.86. The van der Waals surface area contributed by atoms with Crippen LogP contribution in [0.15, 0.2) is 36.6 Å². The molecule has 0 radical (unpaired) electrons. The summed E-state index contributed by atoms with van der Waals surface area (Å²) < 4.78 is 10.5. The molecule has 3 heteroatoms. The van der Waals surface area contributed by atoms with Crippen LogP contribution in [0.3, 0.4) is 0 Å². The third kappa shape index (κ3) is 4.84. The van der Waals surface area contributed by atoms with Gasteiger partial charge in [0.25, 0.3) is 0 Å². The SMILES string of the molecule is C=C(C)OCC(O)COc1ccc(C)cc1. The van der Waals surface area contributed by atoms with E-state index in [1.807, 2.05) is 31.2 Å². The van der Waals surface area contributed by atoms with Crippen LogP contribution in [0.1, 0.15) is 12.5 Å². The van der Waals surface area contributed by atoms with Crippen molar-refractivity contribution >= 4 is 0 Å². The maximum Gasteiger partial charge on any atom is 0.122 e. The molecule has 1 atom stereocenters. The van der Waals surface area contributed by atoms with Gasteiger partial charge in [-0.3, -0.25) is 0 Å². The normalized spacial score (nSPS) is 11.9. The van der Waals surface area contributed by atoms with Crippen LogP contribution in [0.2, 0.25) is 0 Å². The molecular weight excluding hydrogens is 204 g/mol. The van der Waals surface area contributed by atoms with Crippen molar-refractivity contribution in [2.24, 2.45) is 0 Å². The zero-order valence-electron chi connectivity index (χ0n) is 9.77. The average molecular weight is 222 g/mol. The summed E-state index contributed by atoms with van der Waals surface area (Å²) in [5.41, 5.74) is 1.18. The van der Waals surface area contributed by atoms with Gasteiger partial charge < -0.3 is 14.6 Å². The standard InChI is InChI=1S/C13H18O3/c1-10(2)15-8-12(14)9-16-13-6-4-11(3)5-7-13/h4-7,12,14H,1,8-9H2,2-3H3. The highest BCUT2D eigenvalue weighted by Gasteiger charge is 2.05. The van der Waals surface area contributed by atoms with Crippen molar-refractivity contribution in [1.82, 2.24) is 0 Å². The Morgan fingerprint density at radius 3 is 2.50 bits per heavy atom. The molecule has 0 aliphatic rings. The van der Waals surface area contributed by atoms with E-state index in [9.17, 15) is 5.11 Å². The zero-order chi connectivity index (χ0) is 12.0. The van der Waals surface area contributed by atoms with E-state index >= 15 is 0 Å². The number of benzene rings is 1. The summed E-state index contributed by atoms with van der Waals surface area (Å²) in [4.78, 5) is 0. The molecule has 0 bridgehead atoms. The Labute approximate surface area is 96.3 Å². The fraction of sp³-hybridized carbons (Fsp3) is 0.385. The summed E-state index contributed by atoms with van der Waals surface area (Å²) in [6, 6.07) is 7.68. The fourth-order valence-electron chi connectivity index (χ4n) is 1.11. The van der Waals surface area contributed by atoms with Crippen molar-refractivity contribution in [3.8, 4) is 5.75 Å². The topological polar surface area (TPSA) is 38.7 Å². The van der Waals surface area contributed by atoms with Crippen LogP contribution in [-0.4, -0.2) is 24.4 Å². The van der Waals surface area contributed by atoms with E-state index in [1.165, 1.54) is 5.56 Å². The quantitative estimate of drug-likeness (QED) is 0.750. The van der Waals surface area contributed by atoms with Crippen molar-refractivity contribution < 1.29 is 14.6 Å². The number of rotatable bonds is 6. The van der Waals surface area contributed by atoms with E-state index in [1.54, 1.807) is 6.92 Å². The molecule has 0 aliphatic heterocycles. The van der Waals surface area contributed by atoms with Gasteiger partial charge in [0, 0.05) is 0 Å². The Hall–Kier alpha value is -1.48. The van der Waals surface area contributed by atoms with Gasteiger partial charge in [0.05, 0.1) is 5.76 Å². The second kappa shape index (κ2) is 6.18. The van der Waals surface area contributed by atoms with Gasteiger partial charge in [0.15, 0.2) is 0 Å². The van der Waals surface area contributed by atoms with Crippen molar-refractivity contribution in [2.45, 2.75) is 20.0 Å². The van der Waals surface area contributed by atoms with E-state index in [0.29, 0.717) is 5.76 Å². The molecule has 0 amide bonds. The lowest BCUT2D eigenvalue weighted by atomic mass is 10.2. The maximum absolute atomic E-state index is 9.52. The van der Waals surface area contributed by atoms with Gasteiger partial charge in [-0.2, -0.15) is 0 Å². The molecule has 0 saturated heterocycles. The first kappa shape index (κ1) is 12.6. The Morgan fingerprint density at radius 2 is 1.94 bits per heavy atom. The van der Waals surface area contributed by atoms with Crippen LogP contribution in [0, 0.1) is 6.92 Å². The van der Waals surface area contributed by atoms with Gasteiger partial charge in [0.1, 0.15) is 25.1 Å². The first-order valence-electron chi connectivity index (χ1n) is 5.24. The summed E-state index contributed by atoms with van der Waals surface area (Å²) in [5, 5.41) is 9.52. The molecule has 0 aromatic heterocycles. The van der Waals surface area contributed by atoms with Gasteiger partial charge in [-0.05, 0) is 26.0 Å². The van der Waals surface area contributed by atoms with Crippen LogP contribution in [0.25, 0.3) is 0 Å². The number of aliphatic hydroxyl groups excluding tert-OH is 1. The molecule has 88 valence electrons. The first-order chi connectivity index (χ1) is 7.58. The van der Waals surface area contributed by atoms with Crippen molar-refractivity contribution in [2.75, 3.05) is 13.2 Å². The Balaban J connectivity index is 2.28. The molecule has 0 aliphatic carbocycles. The highest BCUT2D eigenvalue weighted by molar-refractivity contribution is 5.26. The first-order valence-corrected chi connectivity index (χ1v) is 5.24. The zero-order valence-corrected chi connectivity index (χ0v) is 9.77. The predicted octanol–water partition coefficient (Wildman–Crippen LogP) is 2.28. The number of hydrogen-bond acceptors (Lipinski definition) is 3. The number of aryl methyl sites for hydroxylation is 1. The minimum Gasteiger partial charge on any atom is -0.496 e. The van der Waals surface area contributed by atoms with Gasteiger partial charge in [0.2, 0.25) is 0 Å². The van der Waals surface area contributed by atoms with Crippen LogP contribution in [0.5, 0.6) is 5.75 Å². The van der Waals surface area contributed by atoms with Gasteiger partial charge in [-0.1, -0.05) is 24.3 Å².